The number of rotatable bonds is 6. The van der Waals surface area contributed by atoms with Crippen molar-refractivity contribution in [2.45, 2.75) is 0 Å². The Balaban J connectivity index is 1.24. The van der Waals surface area contributed by atoms with E-state index in [4.69, 9.17) is 9.47 Å². The Kier molecular flexibility index (Phi) is 5.02. The number of aromatic nitrogens is 2. The maximum Gasteiger partial charge on any atom is 0.323 e. The van der Waals surface area contributed by atoms with Crippen LogP contribution in [-0.2, 0) is 0 Å². The van der Waals surface area contributed by atoms with Crippen molar-refractivity contribution in [3.63, 3.8) is 0 Å². The number of hydrogen-bond acceptors (Lipinski definition) is 5. The van der Waals surface area contributed by atoms with Crippen molar-refractivity contribution in [3.8, 4) is 11.5 Å². The maximum atomic E-state index is 11.3. The number of fused-ring (bicyclic) bond motifs is 1. The number of nitrogens with one attached hydrogen (secondary N) is 2. The van der Waals surface area contributed by atoms with Gasteiger partial charge in [0, 0.05) is 44.5 Å². The molecule has 142 valence electrons. The first-order valence-electron chi connectivity index (χ1n) is 9.17. The van der Waals surface area contributed by atoms with Crippen LogP contribution in [0.25, 0.3) is 11.0 Å². The molecule has 0 radical (unpaired) electrons. The number of aromatic amines is 2. The monoisotopic (exact) mass is 368 g/mol. The molecule has 0 saturated carbocycles. The second-order valence-electron chi connectivity index (χ2n) is 6.66. The summed E-state index contributed by atoms with van der Waals surface area (Å²) in [5.41, 5.74) is 2.60. The largest absolute Gasteiger partial charge is 0.497 e. The van der Waals surface area contributed by atoms with Gasteiger partial charge in [0.1, 0.15) is 18.1 Å². The van der Waals surface area contributed by atoms with E-state index >= 15 is 0 Å². The van der Waals surface area contributed by atoms with Crippen molar-refractivity contribution in [1.29, 1.82) is 0 Å². The van der Waals surface area contributed by atoms with Crippen LogP contribution in [0.5, 0.6) is 11.5 Å². The number of imidazole rings is 1. The lowest BCUT2D eigenvalue weighted by atomic mass is 10.2. The molecule has 1 fully saturated rings. The lowest BCUT2D eigenvalue weighted by molar-refractivity contribution is 0.200. The predicted molar refractivity (Wildman–Crippen MR) is 106 cm³/mol. The van der Waals surface area contributed by atoms with Crippen molar-refractivity contribution in [3.05, 3.63) is 52.9 Å². The number of piperazine rings is 1. The number of ether oxygens (including phenoxy) is 2. The second kappa shape index (κ2) is 7.75. The highest BCUT2D eigenvalue weighted by atomic mass is 16.5. The fourth-order valence-electron chi connectivity index (χ4n) is 3.42. The minimum absolute atomic E-state index is 0.197. The Labute approximate surface area is 157 Å². The molecule has 3 aromatic rings. The summed E-state index contributed by atoms with van der Waals surface area (Å²) >= 11 is 0. The quantitative estimate of drug-likeness (QED) is 0.697. The third-order valence-corrected chi connectivity index (χ3v) is 4.97. The molecule has 1 aromatic heterocycles. The molecule has 0 unspecified atom stereocenters. The van der Waals surface area contributed by atoms with Gasteiger partial charge in [0.05, 0.1) is 18.1 Å². The van der Waals surface area contributed by atoms with E-state index in [1.807, 2.05) is 30.3 Å². The normalized spacial score (nSPS) is 15.2. The van der Waals surface area contributed by atoms with Crippen LogP contribution in [0.2, 0.25) is 0 Å². The van der Waals surface area contributed by atoms with E-state index in [-0.39, 0.29) is 5.69 Å². The van der Waals surface area contributed by atoms with Gasteiger partial charge in [0.25, 0.3) is 0 Å². The standard InChI is InChI=1S/C20H24N4O3/c1-26-16-4-2-15(3-5-16)24-10-8-23(9-11-24)12-13-27-17-6-7-18-19(14-17)22-20(25)21-18/h2-7,14H,8-13H2,1H3,(H2,21,22,25). The van der Waals surface area contributed by atoms with Crippen molar-refractivity contribution < 1.29 is 9.47 Å². The molecule has 2 heterocycles. The molecule has 2 N–H and O–H groups in total. The molecule has 2 aromatic carbocycles. The predicted octanol–water partition coefficient (Wildman–Crippen LogP) is 2.07. The van der Waals surface area contributed by atoms with E-state index in [9.17, 15) is 4.79 Å². The molecule has 7 nitrogen and oxygen atoms in total. The van der Waals surface area contributed by atoms with Crippen molar-refractivity contribution in [2.75, 3.05) is 51.3 Å². The second-order valence-corrected chi connectivity index (χ2v) is 6.66. The molecule has 1 aliphatic rings. The Morgan fingerprint density at radius 1 is 0.926 bits per heavy atom. The molecule has 0 aliphatic carbocycles. The third-order valence-electron chi connectivity index (χ3n) is 4.97. The zero-order valence-electron chi connectivity index (χ0n) is 15.4. The molecule has 1 aliphatic heterocycles. The van der Waals surface area contributed by atoms with Crippen LogP contribution in [0.1, 0.15) is 0 Å². The van der Waals surface area contributed by atoms with Gasteiger partial charge in [-0.2, -0.15) is 0 Å². The summed E-state index contributed by atoms with van der Waals surface area (Å²) in [6.07, 6.45) is 0. The smallest absolute Gasteiger partial charge is 0.323 e. The zero-order valence-corrected chi connectivity index (χ0v) is 15.4. The topological polar surface area (TPSA) is 73.6 Å². The highest BCUT2D eigenvalue weighted by Gasteiger charge is 2.17. The van der Waals surface area contributed by atoms with Crippen LogP contribution < -0.4 is 20.1 Å². The molecule has 0 spiro atoms. The van der Waals surface area contributed by atoms with E-state index in [0.717, 1.165) is 55.3 Å². The Bertz CT molecular complexity index is 940. The van der Waals surface area contributed by atoms with Gasteiger partial charge in [-0.15, -0.1) is 0 Å². The summed E-state index contributed by atoms with van der Waals surface area (Å²) in [6, 6.07) is 13.8. The van der Waals surface area contributed by atoms with Crippen LogP contribution in [0.4, 0.5) is 5.69 Å². The average Bonchev–Trinajstić information content (AvgIpc) is 3.08. The van der Waals surface area contributed by atoms with Crippen LogP contribution in [0.3, 0.4) is 0 Å². The molecule has 7 heteroatoms. The number of anilines is 1. The van der Waals surface area contributed by atoms with Crippen LogP contribution in [-0.4, -0.2) is 61.3 Å². The lowest BCUT2D eigenvalue weighted by Crippen LogP contribution is -2.47. The highest BCUT2D eigenvalue weighted by molar-refractivity contribution is 5.75. The van der Waals surface area contributed by atoms with Crippen molar-refractivity contribution in [2.24, 2.45) is 0 Å². The molecular weight excluding hydrogens is 344 g/mol. The van der Waals surface area contributed by atoms with Gasteiger partial charge in [0.2, 0.25) is 0 Å². The lowest BCUT2D eigenvalue weighted by Gasteiger charge is -2.36. The minimum atomic E-state index is -0.197. The summed E-state index contributed by atoms with van der Waals surface area (Å²) in [5.74, 6) is 1.66. The van der Waals surface area contributed by atoms with E-state index < -0.39 is 0 Å². The average molecular weight is 368 g/mol. The van der Waals surface area contributed by atoms with Crippen molar-refractivity contribution >= 4 is 16.7 Å². The van der Waals surface area contributed by atoms with E-state index in [2.05, 4.69) is 31.9 Å². The van der Waals surface area contributed by atoms with Crippen LogP contribution in [0, 0.1) is 0 Å². The van der Waals surface area contributed by atoms with E-state index in [1.54, 1.807) is 7.11 Å². The molecule has 0 amide bonds. The summed E-state index contributed by atoms with van der Waals surface area (Å²) in [4.78, 5) is 21.6. The highest BCUT2D eigenvalue weighted by Crippen LogP contribution is 2.21. The fourth-order valence-corrected chi connectivity index (χ4v) is 3.42. The minimum Gasteiger partial charge on any atom is -0.497 e. The SMILES string of the molecule is COc1ccc(N2CCN(CCOc3ccc4[nH]c(=O)[nH]c4c3)CC2)cc1. The van der Waals surface area contributed by atoms with Crippen LogP contribution in [0.15, 0.2) is 47.3 Å². The number of nitrogens with zero attached hydrogens (tertiary/aromatic N) is 2. The number of benzene rings is 2. The summed E-state index contributed by atoms with van der Waals surface area (Å²) in [7, 11) is 1.69. The molecule has 0 bridgehead atoms. The van der Waals surface area contributed by atoms with Crippen molar-refractivity contribution in [1.82, 2.24) is 14.9 Å². The molecule has 4 rings (SSSR count). The molecule has 1 saturated heterocycles. The first-order chi connectivity index (χ1) is 13.2. The Morgan fingerprint density at radius 2 is 1.63 bits per heavy atom. The van der Waals surface area contributed by atoms with Gasteiger partial charge in [-0.05, 0) is 36.4 Å². The van der Waals surface area contributed by atoms with Crippen LogP contribution >= 0.6 is 0 Å². The zero-order chi connectivity index (χ0) is 18.6. The van der Waals surface area contributed by atoms with Gasteiger partial charge in [-0.25, -0.2) is 4.79 Å². The number of hydrogen-bond donors (Lipinski definition) is 2. The Morgan fingerprint density at radius 3 is 2.37 bits per heavy atom. The summed E-state index contributed by atoms with van der Waals surface area (Å²) in [6.45, 7) is 5.55. The summed E-state index contributed by atoms with van der Waals surface area (Å²) < 4.78 is 11.1. The maximum absolute atomic E-state index is 11.3. The first kappa shape index (κ1) is 17.5. The van der Waals surface area contributed by atoms with Gasteiger partial charge in [-0.1, -0.05) is 0 Å². The molecule has 27 heavy (non-hydrogen) atoms. The third kappa shape index (κ3) is 4.09. The molecule has 0 atom stereocenters. The van der Waals surface area contributed by atoms with Gasteiger partial charge in [0.15, 0.2) is 0 Å². The van der Waals surface area contributed by atoms with Gasteiger partial charge < -0.3 is 24.3 Å². The first-order valence-corrected chi connectivity index (χ1v) is 9.17. The number of methoxy groups -OCH3 is 1. The van der Waals surface area contributed by atoms with Gasteiger partial charge in [-0.3, -0.25) is 4.90 Å². The van der Waals surface area contributed by atoms with Gasteiger partial charge >= 0.3 is 5.69 Å². The summed E-state index contributed by atoms with van der Waals surface area (Å²) in [5, 5.41) is 0. The molecular formula is C20H24N4O3. The Hall–Kier alpha value is -2.93. The van der Waals surface area contributed by atoms with E-state index in [0.29, 0.717) is 6.61 Å². The fraction of sp³-hybridized carbons (Fsp3) is 0.350. The van der Waals surface area contributed by atoms with E-state index in [1.165, 1.54) is 5.69 Å². The number of H-pyrrole nitrogens is 2.